The minimum absolute atomic E-state index is 0.165. The molecule has 0 rings (SSSR count). The van der Waals surface area contributed by atoms with Crippen LogP contribution >= 0.6 is 20.2 Å². The van der Waals surface area contributed by atoms with E-state index in [1.807, 2.05) is 25.6 Å². The maximum Gasteiger partial charge on any atom is 0.353 e. The van der Waals surface area contributed by atoms with Gasteiger partial charge in [0.15, 0.2) is 0 Å². The fourth-order valence-electron chi connectivity index (χ4n) is 4.52. The Labute approximate surface area is 240 Å². The number of unbranched alkanes of at least 4 members (excludes halogenated alkanes) is 15. The third-order valence-electron chi connectivity index (χ3n) is 7.04. The molecule has 0 aliphatic carbocycles. The molecule has 0 saturated carbocycles. The van der Waals surface area contributed by atoms with Crippen molar-refractivity contribution in [2.45, 2.75) is 173 Å². The van der Waals surface area contributed by atoms with Crippen molar-refractivity contribution in [3.05, 3.63) is 0 Å². The number of aliphatic hydroxyl groups is 1. The highest BCUT2D eigenvalue weighted by Gasteiger charge is 2.49. The lowest BCUT2D eigenvalue weighted by molar-refractivity contribution is -0.230. The van der Waals surface area contributed by atoms with Crippen molar-refractivity contribution in [1.82, 2.24) is 0 Å². The minimum atomic E-state index is -2.62. The topological polar surface area (TPSA) is 93.1 Å². The molecule has 0 aliphatic rings. The number of ether oxygens (including phenoxy) is 2. The number of carboxylic acids is 1. The van der Waals surface area contributed by atoms with Crippen LogP contribution in [-0.4, -0.2) is 51.5 Å². The van der Waals surface area contributed by atoms with Crippen LogP contribution in [-0.2, 0) is 18.8 Å². The molecular formula is C30H59O6PS. The summed E-state index contributed by atoms with van der Waals surface area (Å²) < 4.78 is 23.2. The molecule has 4 atom stereocenters. The number of aliphatic carboxylic acids is 1. The third kappa shape index (κ3) is 18.2. The van der Waals surface area contributed by atoms with Gasteiger partial charge in [-0.05, 0) is 31.9 Å². The van der Waals surface area contributed by atoms with Crippen LogP contribution in [0.3, 0.4) is 0 Å². The average Bonchev–Trinajstić information content (AvgIpc) is 2.91. The number of hydrogen-bond acceptors (Lipinski definition) is 6. The largest absolute Gasteiger partial charge is 0.478 e. The maximum absolute atomic E-state index is 11.7. The van der Waals surface area contributed by atoms with Crippen molar-refractivity contribution in [2.24, 2.45) is 0 Å². The summed E-state index contributed by atoms with van der Waals surface area (Å²) in [6.07, 6.45) is 21.5. The molecule has 0 heterocycles. The lowest BCUT2D eigenvalue weighted by Gasteiger charge is -2.32. The third-order valence-corrected chi connectivity index (χ3v) is 9.29. The molecule has 0 bridgehead atoms. The van der Waals surface area contributed by atoms with E-state index in [0.717, 1.165) is 25.0 Å². The Kier molecular flexibility index (Phi) is 25.6. The van der Waals surface area contributed by atoms with E-state index in [9.17, 15) is 19.6 Å². The van der Waals surface area contributed by atoms with Crippen molar-refractivity contribution in [3.63, 3.8) is 0 Å². The van der Waals surface area contributed by atoms with E-state index in [-0.39, 0.29) is 18.0 Å². The fourth-order valence-corrected chi connectivity index (χ4v) is 6.16. The summed E-state index contributed by atoms with van der Waals surface area (Å²) >= 11 is 1.88. The molecule has 2 N–H and O–H groups in total. The molecule has 0 amide bonds. The van der Waals surface area contributed by atoms with Crippen molar-refractivity contribution < 1.29 is 29.0 Å². The minimum Gasteiger partial charge on any atom is -0.478 e. The quantitative estimate of drug-likeness (QED) is 0.0519. The van der Waals surface area contributed by atoms with Gasteiger partial charge in [0.25, 0.3) is 5.34 Å². The van der Waals surface area contributed by atoms with Gasteiger partial charge in [0.05, 0.1) is 6.10 Å². The molecule has 8 heteroatoms. The van der Waals surface area contributed by atoms with Gasteiger partial charge in [0.1, 0.15) is 0 Å². The van der Waals surface area contributed by atoms with E-state index in [2.05, 4.69) is 13.8 Å². The van der Waals surface area contributed by atoms with Crippen LogP contribution in [0.2, 0.25) is 0 Å². The molecular weight excluding hydrogens is 519 g/mol. The van der Waals surface area contributed by atoms with E-state index in [0.29, 0.717) is 6.42 Å². The standard InChI is InChI=1S/C30H59O6PS/c1-5-8-10-12-14-15-16-18-20-22-25-38-27(23-21-19-17-13-11-9-6-2)26(4)36-29(35-24-7-3)30(33,37-34)28(31)32/h26-27,29,33H,5-25H2,1-4H3,(H,31,32). The zero-order chi connectivity index (χ0) is 28.5. The van der Waals surface area contributed by atoms with E-state index in [1.54, 1.807) is 0 Å². The Morgan fingerprint density at radius 1 is 0.789 bits per heavy atom. The Hall–Kier alpha value is -0.200. The summed E-state index contributed by atoms with van der Waals surface area (Å²) in [5.74, 6) is -0.571. The van der Waals surface area contributed by atoms with Gasteiger partial charge in [-0.3, -0.25) is 4.57 Å². The molecule has 0 aliphatic heterocycles. The first-order valence-electron chi connectivity index (χ1n) is 15.6. The summed E-state index contributed by atoms with van der Waals surface area (Å²) in [5.41, 5.74) is 0. The zero-order valence-corrected chi connectivity index (χ0v) is 26.7. The molecule has 6 nitrogen and oxygen atoms in total. The van der Waals surface area contributed by atoms with Gasteiger partial charge in [0, 0.05) is 11.9 Å². The first-order chi connectivity index (χ1) is 18.4. The number of hydrogen-bond donors (Lipinski definition) is 2. The molecule has 0 radical (unpaired) electrons. The Bertz CT molecular complexity index is 567. The number of thioether (sulfide) groups is 1. The summed E-state index contributed by atoms with van der Waals surface area (Å²) in [6, 6.07) is 0. The highest BCUT2D eigenvalue weighted by Crippen LogP contribution is 2.32. The van der Waals surface area contributed by atoms with E-state index in [1.165, 1.54) is 96.3 Å². The van der Waals surface area contributed by atoms with Crippen LogP contribution in [0, 0.1) is 0 Å². The summed E-state index contributed by atoms with van der Waals surface area (Å²) in [5, 5.41) is 17.6. The number of carboxylic acid groups (broad SMARTS) is 1. The monoisotopic (exact) mass is 578 g/mol. The first-order valence-corrected chi connectivity index (χ1v) is 17.4. The second-order valence-corrected chi connectivity index (χ2v) is 12.9. The second-order valence-electron chi connectivity index (χ2n) is 10.7. The predicted molar refractivity (Wildman–Crippen MR) is 161 cm³/mol. The second kappa shape index (κ2) is 25.7. The highest BCUT2D eigenvalue weighted by molar-refractivity contribution is 7.99. The van der Waals surface area contributed by atoms with Crippen molar-refractivity contribution in [3.8, 4) is 0 Å². The van der Waals surface area contributed by atoms with Crippen LogP contribution in [0.1, 0.15) is 150 Å². The SMILES string of the molecule is CCCCCCCCCCCCSC(CCCCCCCCC)C(C)OC(OCCC)C(O)(P=O)C(=O)O. The van der Waals surface area contributed by atoms with Gasteiger partial charge in [-0.2, -0.15) is 11.8 Å². The molecule has 0 aromatic carbocycles. The van der Waals surface area contributed by atoms with Crippen LogP contribution in [0.5, 0.6) is 0 Å². The molecule has 0 saturated heterocycles. The van der Waals surface area contributed by atoms with Crippen LogP contribution < -0.4 is 0 Å². The lowest BCUT2D eigenvalue weighted by Crippen LogP contribution is -2.50. The summed E-state index contributed by atoms with van der Waals surface area (Å²) in [6.45, 7) is 8.51. The Morgan fingerprint density at radius 2 is 1.26 bits per heavy atom. The fraction of sp³-hybridized carbons (Fsp3) is 0.967. The average molecular weight is 579 g/mol. The van der Waals surface area contributed by atoms with Gasteiger partial charge in [0.2, 0.25) is 14.8 Å². The normalized spacial score (nSPS) is 15.8. The summed E-state index contributed by atoms with van der Waals surface area (Å²) in [4.78, 5) is 11.7. The molecule has 0 fully saturated rings. The van der Waals surface area contributed by atoms with E-state index >= 15 is 0 Å². The molecule has 0 aromatic heterocycles. The number of carbonyl (C=O) groups is 1. The van der Waals surface area contributed by atoms with Crippen molar-refractivity contribution in [1.29, 1.82) is 0 Å². The van der Waals surface area contributed by atoms with E-state index < -0.39 is 26.1 Å². The lowest BCUT2D eigenvalue weighted by atomic mass is 10.1. The summed E-state index contributed by atoms with van der Waals surface area (Å²) in [7, 11) is -0.938. The van der Waals surface area contributed by atoms with Gasteiger partial charge in [-0.15, -0.1) is 0 Å². The van der Waals surface area contributed by atoms with Gasteiger partial charge in [-0.1, -0.05) is 124 Å². The molecule has 226 valence electrons. The first kappa shape index (κ1) is 37.8. The molecule has 4 unspecified atom stereocenters. The van der Waals surface area contributed by atoms with Crippen LogP contribution in [0.25, 0.3) is 0 Å². The van der Waals surface area contributed by atoms with Crippen molar-refractivity contribution in [2.75, 3.05) is 12.4 Å². The Balaban J connectivity index is 4.78. The molecule has 0 aromatic rings. The molecule has 0 spiro atoms. The van der Waals surface area contributed by atoms with E-state index in [4.69, 9.17) is 9.47 Å². The Morgan fingerprint density at radius 3 is 1.71 bits per heavy atom. The van der Waals surface area contributed by atoms with Gasteiger partial charge in [-0.25, -0.2) is 4.79 Å². The van der Waals surface area contributed by atoms with Crippen LogP contribution in [0.4, 0.5) is 0 Å². The maximum atomic E-state index is 11.7. The van der Waals surface area contributed by atoms with Crippen LogP contribution in [0.15, 0.2) is 0 Å². The zero-order valence-electron chi connectivity index (χ0n) is 25.0. The number of rotatable bonds is 29. The predicted octanol–water partition coefficient (Wildman–Crippen LogP) is 9.37. The molecule has 38 heavy (non-hydrogen) atoms. The van der Waals surface area contributed by atoms with Crippen molar-refractivity contribution >= 4 is 26.2 Å². The van der Waals surface area contributed by atoms with Gasteiger partial charge >= 0.3 is 5.97 Å². The smallest absolute Gasteiger partial charge is 0.353 e. The highest BCUT2D eigenvalue weighted by atomic mass is 32.2. The van der Waals surface area contributed by atoms with Gasteiger partial charge < -0.3 is 19.7 Å².